The highest BCUT2D eigenvalue weighted by Crippen LogP contribution is 2.30. The van der Waals surface area contributed by atoms with Crippen LogP contribution in [-0.2, 0) is 9.59 Å². The van der Waals surface area contributed by atoms with Crippen LogP contribution in [0.4, 0.5) is 11.4 Å². The minimum absolute atomic E-state index is 0.113. The summed E-state index contributed by atoms with van der Waals surface area (Å²) in [6.45, 7) is 1.37. The van der Waals surface area contributed by atoms with Crippen molar-refractivity contribution >= 4 is 41.4 Å². The van der Waals surface area contributed by atoms with Gasteiger partial charge in [-0.3, -0.25) is 19.7 Å². The standard InChI is InChI=1S/C25H20N4O6/c1-17(30)27-21-13-11-19(12-14-21)25(32)28-26-16-20-8-5-9-22(29(33)34)24(20)35-23(31)15-10-18-6-3-2-4-7-18/h2-16H,1H3,(H,27,30)(H,28,32)/b15-10+,26-16+. The Hall–Kier alpha value is -5.12. The van der Waals surface area contributed by atoms with Crippen molar-refractivity contribution in [2.24, 2.45) is 5.10 Å². The zero-order chi connectivity index (χ0) is 25.2. The molecular formula is C25H20N4O6. The van der Waals surface area contributed by atoms with E-state index in [1.165, 1.54) is 43.3 Å². The number of hydrogen-bond donors (Lipinski definition) is 2. The molecule has 0 aromatic heterocycles. The van der Waals surface area contributed by atoms with E-state index < -0.39 is 22.5 Å². The van der Waals surface area contributed by atoms with Gasteiger partial charge in [-0.2, -0.15) is 5.10 Å². The van der Waals surface area contributed by atoms with Crippen molar-refractivity contribution in [2.45, 2.75) is 6.92 Å². The summed E-state index contributed by atoms with van der Waals surface area (Å²) >= 11 is 0. The molecule has 3 rings (SSSR count). The Morgan fingerprint density at radius 3 is 2.34 bits per heavy atom. The second kappa shape index (κ2) is 11.7. The second-order valence-corrected chi connectivity index (χ2v) is 7.08. The fourth-order valence-electron chi connectivity index (χ4n) is 2.90. The fraction of sp³-hybridized carbons (Fsp3) is 0.0400. The van der Waals surface area contributed by atoms with Crippen LogP contribution in [0.3, 0.4) is 0 Å². The Bertz CT molecular complexity index is 1300. The minimum Gasteiger partial charge on any atom is -0.415 e. The summed E-state index contributed by atoms with van der Waals surface area (Å²) in [7, 11) is 0. The molecule has 10 nitrogen and oxygen atoms in total. The number of anilines is 1. The lowest BCUT2D eigenvalue weighted by atomic mass is 10.2. The smallest absolute Gasteiger partial charge is 0.336 e. The van der Waals surface area contributed by atoms with Crippen molar-refractivity contribution in [1.29, 1.82) is 0 Å². The number of hydrogen-bond acceptors (Lipinski definition) is 7. The van der Waals surface area contributed by atoms with Crippen molar-refractivity contribution < 1.29 is 24.0 Å². The molecule has 0 saturated heterocycles. The van der Waals surface area contributed by atoms with Crippen LogP contribution < -0.4 is 15.5 Å². The number of carbonyl (C=O) groups is 3. The van der Waals surface area contributed by atoms with Crippen LogP contribution in [-0.4, -0.2) is 28.9 Å². The number of benzene rings is 3. The van der Waals surface area contributed by atoms with Crippen LogP contribution in [0.25, 0.3) is 6.08 Å². The molecule has 0 aliphatic rings. The van der Waals surface area contributed by atoms with Gasteiger partial charge in [-0.15, -0.1) is 0 Å². The monoisotopic (exact) mass is 472 g/mol. The van der Waals surface area contributed by atoms with Gasteiger partial charge in [0.25, 0.3) is 5.91 Å². The van der Waals surface area contributed by atoms with Gasteiger partial charge in [0.2, 0.25) is 11.7 Å². The average Bonchev–Trinajstić information content (AvgIpc) is 2.84. The van der Waals surface area contributed by atoms with E-state index in [9.17, 15) is 24.5 Å². The molecule has 176 valence electrons. The summed E-state index contributed by atoms with van der Waals surface area (Å²) in [5.41, 5.74) is 3.53. The van der Waals surface area contributed by atoms with E-state index in [2.05, 4.69) is 15.8 Å². The summed E-state index contributed by atoms with van der Waals surface area (Å²) < 4.78 is 5.24. The van der Waals surface area contributed by atoms with Gasteiger partial charge in [0.05, 0.1) is 11.1 Å². The van der Waals surface area contributed by atoms with Crippen molar-refractivity contribution in [3.05, 3.63) is 106 Å². The van der Waals surface area contributed by atoms with E-state index in [1.54, 1.807) is 36.4 Å². The Labute approximate surface area is 200 Å². The molecule has 0 aliphatic carbocycles. The molecule has 35 heavy (non-hydrogen) atoms. The van der Waals surface area contributed by atoms with Gasteiger partial charge in [-0.05, 0) is 42.0 Å². The second-order valence-electron chi connectivity index (χ2n) is 7.08. The summed E-state index contributed by atoms with van der Waals surface area (Å²) in [5.74, 6) is -1.92. The number of para-hydroxylation sites is 1. The van der Waals surface area contributed by atoms with Gasteiger partial charge in [0.15, 0.2) is 0 Å². The molecule has 3 aromatic carbocycles. The lowest BCUT2D eigenvalue weighted by molar-refractivity contribution is -0.385. The normalized spacial score (nSPS) is 10.8. The molecule has 0 spiro atoms. The third-order valence-corrected chi connectivity index (χ3v) is 4.47. The van der Waals surface area contributed by atoms with E-state index in [-0.39, 0.29) is 22.8 Å². The first-order chi connectivity index (χ1) is 16.8. The number of nitrogens with zero attached hydrogens (tertiary/aromatic N) is 2. The van der Waals surface area contributed by atoms with Gasteiger partial charge < -0.3 is 10.1 Å². The van der Waals surface area contributed by atoms with Gasteiger partial charge >= 0.3 is 11.7 Å². The van der Waals surface area contributed by atoms with Crippen molar-refractivity contribution in [3.63, 3.8) is 0 Å². The van der Waals surface area contributed by atoms with Crippen LogP contribution in [0.5, 0.6) is 5.75 Å². The third kappa shape index (κ3) is 7.19. The third-order valence-electron chi connectivity index (χ3n) is 4.47. The molecule has 0 fully saturated rings. The number of nitro groups is 1. The van der Waals surface area contributed by atoms with E-state index >= 15 is 0 Å². The average molecular weight is 472 g/mol. The van der Waals surface area contributed by atoms with Crippen molar-refractivity contribution in [3.8, 4) is 5.75 Å². The number of hydrazone groups is 1. The Morgan fingerprint density at radius 1 is 0.971 bits per heavy atom. The number of carbonyl (C=O) groups excluding carboxylic acids is 3. The predicted octanol–water partition coefficient (Wildman–Crippen LogP) is 3.94. The quantitative estimate of drug-likeness (QED) is 0.127. The molecule has 0 aliphatic heterocycles. The zero-order valence-electron chi connectivity index (χ0n) is 18.5. The predicted molar refractivity (Wildman–Crippen MR) is 130 cm³/mol. The van der Waals surface area contributed by atoms with E-state index in [1.807, 2.05) is 6.07 Å². The first-order valence-corrected chi connectivity index (χ1v) is 10.3. The summed E-state index contributed by atoms with van der Waals surface area (Å²) in [5, 5.41) is 17.9. The Balaban J connectivity index is 1.74. The molecule has 0 unspecified atom stereocenters. The molecule has 10 heteroatoms. The van der Waals surface area contributed by atoms with Gasteiger partial charge in [-0.1, -0.05) is 36.4 Å². The lowest BCUT2D eigenvalue weighted by Crippen LogP contribution is -2.18. The molecule has 0 heterocycles. The van der Waals surface area contributed by atoms with Crippen LogP contribution in [0, 0.1) is 10.1 Å². The fourth-order valence-corrected chi connectivity index (χ4v) is 2.90. The molecule has 0 atom stereocenters. The molecule has 0 bridgehead atoms. The van der Waals surface area contributed by atoms with Crippen molar-refractivity contribution in [2.75, 3.05) is 5.32 Å². The summed E-state index contributed by atoms with van der Waals surface area (Å²) in [4.78, 5) is 46.5. The first kappa shape index (κ1) is 24.5. The van der Waals surface area contributed by atoms with Crippen molar-refractivity contribution in [1.82, 2.24) is 5.43 Å². The largest absolute Gasteiger partial charge is 0.415 e. The topological polar surface area (TPSA) is 140 Å². The van der Waals surface area contributed by atoms with Gasteiger partial charge in [0.1, 0.15) is 0 Å². The van der Waals surface area contributed by atoms with E-state index in [0.29, 0.717) is 5.69 Å². The minimum atomic E-state index is -0.818. The summed E-state index contributed by atoms with van der Waals surface area (Å²) in [6, 6.07) is 19.1. The van der Waals surface area contributed by atoms with Gasteiger partial charge in [0, 0.05) is 35.9 Å². The molecular weight excluding hydrogens is 452 g/mol. The highest BCUT2D eigenvalue weighted by atomic mass is 16.6. The molecule has 2 amide bonds. The maximum absolute atomic E-state index is 12.3. The highest BCUT2D eigenvalue weighted by molar-refractivity contribution is 5.97. The molecule has 0 saturated carbocycles. The molecule has 2 N–H and O–H groups in total. The van der Waals surface area contributed by atoms with Crippen LogP contribution >= 0.6 is 0 Å². The van der Waals surface area contributed by atoms with Gasteiger partial charge in [-0.25, -0.2) is 10.2 Å². The number of nitrogens with one attached hydrogen (secondary N) is 2. The SMILES string of the molecule is CC(=O)Nc1ccc(C(=O)N/N=C/c2cccc([N+](=O)[O-])c2OC(=O)/C=C/c2ccccc2)cc1. The first-order valence-electron chi connectivity index (χ1n) is 10.3. The Kier molecular flexibility index (Phi) is 8.17. The number of amides is 2. The number of esters is 1. The molecule has 0 radical (unpaired) electrons. The van der Waals surface area contributed by atoms with Crippen LogP contribution in [0.2, 0.25) is 0 Å². The van der Waals surface area contributed by atoms with Crippen LogP contribution in [0.15, 0.2) is 84.0 Å². The molecule has 3 aromatic rings. The Morgan fingerprint density at radius 2 is 1.69 bits per heavy atom. The van der Waals surface area contributed by atoms with E-state index in [0.717, 1.165) is 17.9 Å². The number of ether oxygens (including phenoxy) is 1. The maximum Gasteiger partial charge on any atom is 0.336 e. The number of rotatable bonds is 8. The van der Waals surface area contributed by atoms with E-state index in [4.69, 9.17) is 4.74 Å². The highest BCUT2D eigenvalue weighted by Gasteiger charge is 2.20. The maximum atomic E-state index is 12.3. The zero-order valence-corrected chi connectivity index (χ0v) is 18.5. The van der Waals surface area contributed by atoms with Crippen LogP contribution in [0.1, 0.15) is 28.4 Å². The summed E-state index contributed by atoms with van der Waals surface area (Å²) in [6.07, 6.45) is 3.81. The lowest BCUT2D eigenvalue weighted by Gasteiger charge is -2.07. The number of nitro benzene ring substituents is 1.